The molecular weight excluding hydrogens is 366 g/mol. The minimum Gasteiger partial charge on any atom is -0.488 e. The van der Waals surface area contributed by atoms with Crippen LogP contribution in [0.5, 0.6) is 11.5 Å². The number of fused-ring (bicyclic) bond motifs is 4. The molecule has 2 aromatic heterocycles. The number of benzene rings is 2. The number of para-hydroxylation sites is 2. The molecule has 4 aromatic rings. The van der Waals surface area contributed by atoms with Gasteiger partial charge in [0.15, 0.2) is 17.1 Å². The second kappa shape index (κ2) is 6.62. The molecule has 0 bridgehead atoms. The summed E-state index contributed by atoms with van der Waals surface area (Å²) in [5, 5.41) is 8.79. The maximum Gasteiger partial charge on any atom is 0.226 e. The average Bonchev–Trinajstić information content (AvgIpc) is 3.23. The van der Waals surface area contributed by atoms with E-state index in [1.54, 1.807) is 4.52 Å². The summed E-state index contributed by atoms with van der Waals surface area (Å²) in [7, 11) is 0. The summed E-state index contributed by atoms with van der Waals surface area (Å²) in [5.41, 5.74) is 2.68. The maximum absolute atomic E-state index is 6.07. The Morgan fingerprint density at radius 3 is 2.90 bits per heavy atom. The van der Waals surface area contributed by atoms with E-state index in [0.29, 0.717) is 24.9 Å². The molecule has 3 heterocycles. The number of aromatic nitrogens is 4. The Kier molecular flexibility index (Phi) is 4.04. The molecule has 148 valence electrons. The van der Waals surface area contributed by atoms with Gasteiger partial charge >= 0.3 is 0 Å². The van der Waals surface area contributed by atoms with Crippen molar-refractivity contribution in [3.05, 3.63) is 53.9 Å². The number of hydrogen-bond acceptors (Lipinski definition) is 6. The number of hydrogen-bond donors (Lipinski definition) is 1. The molecule has 7 heteroatoms. The van der Waals surface area contributed by atoms with Crippen LogP contribution in [0.4, 0.5) is 5.95 Å². The van der Waals surface area contributed by atoms with E-state index in [4.69, 9.17) is 14.5 Å². The van der Waals surface area contributed by atoms with Crippen molar-refractivity contribution in [2.24, 2.45) is 0 Å². The number of aryl methyl sites for hydroxylation is 1. The molecule has 0 saturated heterocycles. The van der Waals surface area contributed by atoms with E-state index in [1.807, 2.05) is 43.3 Å². The van der Waals surface area contributed by atoms with E-state index in [2.05, 4.69) is 35.3 Å². The fourth-order valence-corrected chi connectivity index (χ4v) is 3.80. The van der Waals surface area contributed by atoms with E-state index >= 15 is 0 Å². The fraction of sp³-hybridized carbons (Fsp3) is 0.318. The number of rotatable bonds is 5. The Morgan fingerprint density at radius 2 is 2.00 bits per heavy atom. The summed E-state index contributed by atoms with van der Waals surface area (Å²) in [6, 6.07) is 14.0. The first kappa shape index (κ1) is 17.7. The summed E-state index contributed by atoms with van der Waals surface area (Å²) in [6.45, 7) is 7.12. The van der Waals surface area contributed by atoms with Gasteiger partial charge in [-0.05, 0) is 39.0 Å². The first-order valence-electron chi connectivity index (χ1n) is 9.80. The lowest BCUT2D eigenvalue weighted by Crippen LogP contribution is -2.24. The van der Waals surface area contributed by atoms with Crippen LogP contribution < -0.4 is 14.8 Å². The summed E-state index contributed by atoms with van der Waals surface area (Å²) >= 11 is 0. The number of anilines is 1. The van der Waals surface area contributed by atoms with Gasteiger partial charge in [-0.15, -0.1) is 5.10 Å². The summed E-state index contributed by atoms with van der Waals surface area (Å²) in [5.74, 6) is 3.00. The normalized spacial score (nSPS) is 14.7. The van der Waals surface area contributed by atoms with Crippen LogP contribution in [0.1, 0.15) is 25.2 Å². The molecule has 0 saturated carbocycles. The van der Waals surface area contributed by atoms with Crippen LogP contribution in [0.2, 0.25) is 0 Å². The van der Waals surface area contributed by atoms with Gasteiger partial charge in [0, 0.05) is 17.4 Å². The quantitative estimate of drug-likeness (QED) is 0.524. The van der Waals surface area contributed by atoms with Crippen molar-refractivity contribution in [1.29, 1.82) is 0 Å². The molecule has 0 fully saturated rings. The Labute approximate surface area is 168 Å². The van der Waals surface area contributed by atoms with E-state index in [9.17, 15) is 0 Å². The second-order valence-corrected chi connectivity index (χ2v) is 7.91. The van der Waals surface area contributed by atoms with E-state index in [-0.39, 0.29) is 5.60 Å². The van der Waals surface area contributed by atoms with Crippen molar-refractivity contribution < 1.29 is 9.47 Å². The lowest BCUT2D eigenvalue weighted by Gasteiger charge is -2.18. The smallest absolute Gasteiger partial charge is 0.226 e. The minimum absolute atomic E-state index is 0.189. The van der Waals surface area contributed by atoms with Gasteiger partial charge in [-0.25, -0.2) is 9.97 Å². The third kappa shape index (κ3) is 3.22. The largest absolute Gasteiger partial charge is 0.488 e. The van der Waals surface area contributed by atoms with Crippen LogP contribution in [0.25, 0.3) is 16.6 Å². The summed E-state index contributed by atoms with van der Waals surface area (Å²) in [6.07, 6.45) is 0.891. The molecule has 1 aliphatic heterocycles. The highest BCUT2D eigenvalue weighted by Crippen LogP contribution is 2.41. The zero-order valence-electron chi connectivity index (χ0n) is 16.8. The van der Waals surface area contributed by atoms with Gasteiger partial charge in [0.25, 0.3) is 0 Å². The van der Waals surface area contributed by atoms with Crippen molar-refractivity contribution in [3.8, 4) is 11.5 Å². The van der Waals surface area contributed by atoms with Crippen molar-refractivity contribution in [1.82, 2.24) is 19.6 Å². The predicted octanol–water partition coefficient (Wildman–Crippen LogP) is 3.79. The van der Waals surface area contributed by atoms with Gasteiger partial charge in [-0.2, -0.15) is 4.52 Å². The van der Waals surface area contributed by atoms with Crippen LogP contribution in [-0.2, 0) is 6.42 Å². The fourth-order valence-electron chi connectivity index (χ4n) is 3.80. The summed E-state index contributed by atoms with van der Waals surface area (Å²) in [4.78, 5) is 9.26. The number of nitrogens with one attached hydrogen (secondary N) is 1. The molecule has 7 nitrogen and oxygen atoms in total. The highest BCUT2D eigenvalue weighted by molar-refractivity contribution is 5.92. The van der Waals surface area contributed by atoms with Gasteiger partial charge in [0.1, 0.15) is 18.0 Å². The SMILES string of the molecule is Cc1nc2c3ccccc3nc(NCCOc3cccc4c3OC(C)(C)C4)n2n1. The lowest BCUT2D eigenvalue weighted by atomic mass is 10.0. The van der Waals surface area contributed by atoms with E-state index < -0.39 is 0 Å². The molecule has 1 aliphatic rings. The molecule has 1 N–H and O–H groups in total. The third-order valence-corrected chi connectivity index (χ3v) is 4.98. The third-order valence-electron chi connectivity index (χ3n) is 4.98. The first-order chi connectivity index (χ1) is 14.0. The zero-order chi connectivity index (χ0) is 20.0. The monoisotopic (exact) mass is 389 g/mol. The van der Waals surface area contributed by atoms with Gasteiger partial charge in [-0.3, -0.25) is 0 Å². The van der Waals surface area contributed by atoms with Crippen molar-refractivity contribution in [3.63, 3.8) is 0 Å². The van der Waals surface area contributed by atoms with E-state index in [1.165, 1.54) is 5.56 Å². The second-order valence-electron chi connectivity index (χ2n) is 7.91. The van der Waals surface area contributed by atoms with Crippen molar-refractivity contribution >= 4 is 22.5 Å². The molecule has 0 radical (unpaired) electrons. The number of ether oxygens (including phenoxy) is 2. The van der Waals surface area contributed by atoms with Crippen molar-refractivity contribution in [2.75, 3.05) is 18.5 Å². The highest BCUT2D eigenvalue weighted by atomic mass is 16.5. The van der Waals surface area contributed by atoms with Gasteiger partial charge < -0.3 is 14.8 Å². The van der Waals surface area contributed by atoms with E-state index in [0.717, 1.165) is 34.5 Å². The molecule has 2 aromatic carbocycles. The summed E-state index contributed by atoms with van der Waals surface area (Å²) < 4.78 is 13.8. The van der Waals surface area contributed by atoms with Crippen molar-refractivity contribution in [2.45, 2.75) is 32.8 Å². The predicted molar refractivity (Wildman–Crippen MR) is 112 cm³/mol. The standard InChI is InChI=1S/C22H23N5O2/c1-14-24-20-16-8-4-5-9-17(16)25-21(27(20)26-14)23-11-12-28-18-10-6-7-15-13-22(2,3)29-19(15)18/h4-10H,11-13H2,1-3H3,(H,23,25). The molecule has 0 atom stereocenters. The zero-order valence-corrected chi connectivity index (χ0v) is 16.8. The van der Waals surface area contributed by atoms with Crippen LogP contribution in [0.3, 0.4) is 0 Å². The Hall–Kier alpha value is -3.35. The average molecular weight is 389 g/mol. The molecular formula is C22H23N5O2. The van der Waals surface area contributed by atoms with Crippen LogP contribution in [-0.4, -0.2) is 38.3 Å². The molecule has 0 unspecified atom stereocenters. The van der Waals surface area contributed by atoms with Crippen LogP contribution in [0, 0.1) is 6.92 Å². The first-order valence-corrected chi connectivity index (χ1v) is 9.80. The van der Waals surface area contributed by atoms with Crippen LogP contribution in [0.15, 0.2) is 42.5 Å². The molecule has 29 heavy (non-hydrogen) atoms. The topological polar surface area (TPSA) is 73.6 Å². The molecule has 0 amide bonds. The maximum atomic E-state index is 6.07. The molecule has 0 spiro atoms. The van der Waals surface area contributed by atoms with Gasteiger partial charge in [0.05, 0.1) is 12.1 Å². The molecule has 0 aliphatic carbocycles. The Balaban J connectivity index is 1.33. The Morgan fingerprint density at radius 1 is 1.14 bits per heavy atom. The molecule has 5 rings (SSSR count). The Bertz CT molecular complexity index is 1210. The van der Waals surface area contributed by atoms with Gasteiger partial charge in [-0.1, -0.05) is 24.3 Å². The van der Waals surface area contributed by atoms with Crippen LogP contribution >= 0.6 is 0 Å². The van der Waals surface area contributed by atoms with Gasteiger partial charge in [0.2, 0.25) is 5.95 Å². The highest BCUT2D eigenvalue weighted by Gasteiger charge is 2.32. The minimum atomic E-state index is -0.189. The number of nitrogens with zero attached hydrogens (tertiary/aromatic N) is 4. The lowest BCUT2D eigenvalue weighted by molar-refractivity contribution is 0.132.